The normalized spacial score (nSPS) is 24.3. The maximum atomic E-state index is 5.62. The van der Waals surface area contributed by atoms with Crippen LogP contribution in [0.15, 0.2) is 28.7 Å². The van der Waals surface area contributed by atoms with Gasteiger partial charge in [-0.05, 0) is 12.1 Å². The number of fused-ring (bicyclic) bond motifs is 1. The highest BCUT2D eigenvalue weighted by Gasteiger charge is 2.27. The van der Waals surface area contributed by atoms with E-state index in [9.17, 15) is 0 Å². The zero-order valence-corrected chi connectivity index (χ0v) is 9.64. The quantitative estimate of drug-likeness (QED) is 0.835. The van der Waals surface area contributed by atoms with Crippen LogP contribution in [0, 0.1) is 0 Å². The monoisotopic (exact) mass is 233 g/mol. The first kappa shape index (κ1) is 10.6. The molecule has 1 aromatic carbocycles. The summed E-state index contributed by atoms with van der Waals surface area (Å²) in [6.45, 7) is 1.71. The van der Waals surface area contributed by atoms with Gasteiger partial charge < -0.3 is 19.8 Å². The van der Waals surface area contributed by atoms with Gasteiger partial charge >= 0.3 is 0 Å². The Labute approximate surface area is 99.2 Å². The molecular weight excluding hydrogens is 218 g/mol. The molecular formula is C12H15N3O2. The molecule has 1 aliphatic rings. The molecule has 1 aliphatic heterocycles. The predicted octanol–water partition coefficient (Wildman–Crippen LogP) is 1.23. The lowest BCUT2D eigenvalue weighted by atomic mass is 10.2. The number of nitrogens with zero attached hydrogens (tertiary/aromatic N) is 1. The summed E-state index contributed by atoms with van der Waals surface area (Å²) < 4.78 is 11.0. The highest BCUT2D eigenvalue weighted by Crippen LogP contribution is 2.20. The van der Waals surface area contributed by atoms with Gasteiger partial charge in [0.05, 0.1) is 12.1 Å². The number of hydrogen-bond donors (Lipinski definition) is 2. The molecule has 1 saturated heterocycles. The fraction of sp³-hybridized carbons (Fsp3) is 0.417. The second kappa shape index (κ2) is 4.35. The zero-order valence-electron chi connectivity index (χ0n) is 9.64. The van der Waals surface area contributed by atoms with Gasteiger partial charge in [-0.2, -0.15) is 4.98 Å². The summed E-state index contributed by atoms with van der Waals surface area (Å²) >= 11 is 0. The van der Waals surface area contributed by atoms with E-state index < -0.39 is 0 Å². The molecule has 0 spiro atoms. The van der Waals surface area contributed by atoms with E-state index in [1.165, 1.54) is 0 Å². The second-order valence-electron chi connectivity index (χ2n) is 4.17. The van der Waals surface area contributed by atoms with Crippen LogP contribution in [0.5, 0.6) is 0 Å². The Morgan fingerprint density at radius 2 is 2.29 bits per heavy atom. The fourth-order valence-corrected chi connectivity index (χ4v) is 2.14. The molecule has 17 heavy (non-hydrogen) atoms. The molecule has 1 fully saturated rings. The van der Waals surface area contributed by atoms with Crippen LogP contribution >= 0.6 is 0 Å². The van der Waals surface area contributed by atoms with Crippen LogP contribution in [0.4, 0.5) is 6.01 Å². The number of rotatable bonds is 3. The predicted molar refractivity (Wildman–Crippen MR) is 65.1 cm³/mol. The average molecular weight is 233 g/mol. The van der Waals surface area contributed by atoms with Crippen LogP contribution in [0.1, 0.15) is 0 Å². The highest BCUT2D eigenvalue weighted by molar-refractivity contribution is 5.74. The van der Waals surface area contributed by atoms with E-state index in [1.807, 2.05) is 24.3 Å². The van der Waals surface area contributed by atoms with Gasteiger partial charge in [0.15, 0.2) is 5.58 Å². The number of hydrogen-bond acceptors (Lipinski definition) is 5. The first-order chi connectivity index (χ1) is 8.36. The molecule has 2 N–H and O–H groups in total. The first-order valence-corrected chi connectivity index (χ1v) is 5.72. The summed E-state index contributed by atoms with van der Waals surface area (Å²) in [7, 11) is 1.72. The summed E-state index contributed by atoms with van der Waals surface area (Å²) in [4.78, 5) is 4.38. The van der Waals surface area contributed by atoms with Gasteiger partial charge in [-0.1, -0.05) is 12.1 Å². The van der Waals surface area contributed by atoms with E-state index in [-0.39, 0.29) is 12.1 Å². The third-order valence-electron chi connectivity index (χ3n) is 3.06. The van der Waals surface area contributed by atoms with Gasteiger partial charge in [-0.15, -0.1) is 0 Å². The summed E-state index contributed by atoms with van der Waals surface area (Å²) in [5.74, 6) is 0. The summed E-state index contributed by atoms with van der Waals surface area (Å²) in [5.41, 5.74) is 1.67. The molecule has 0 saturated carbocycles. The number of nitrogens with one attached hydrogen (secondary N) is 2. The van der Waals surface area contributed by atoms with Crippen molar-refractivity contribution in [3.63, 3.8) is 0 Å². The molecule has 0 bridgehead atoms. The summed E-state index contributed by atoms with van der Waals surface area (Å²) in [6, 6.07) is 8.49. The maximum absolute atomic E-state index is 5.62. The lowest BCUT2D eigenvalue weighted by molar-refractivity contribution is 0.111. The van der Waals surface area contributed by atoms with Gasteiger partial charge in [-0.25, -0.2) is 0 Å². The standard InChI is InChI=1S/C12H15N3O2/c1-16-11-7-13-6-9(11)15-12-14-8-4-2-3-5-10(8)17-12/h2-5,9,11,13H,6-7H2,1H3,(H,14,15)/t9?,11-/m1/s1. The van der Waals surface area contributed by atoms with Crippen molar-refractivity contribution in [2.45, 2.75) is 12.1 Å². The lowest BCUT2D eigenvalue weighted by Crippen LogP contribution is -2.33. The number of oxazole rings is 1. The Morgan fingerprint density at radius 1 is 1.41 bits per heavy atom. The molecule has 5 heteroatoms. The minimum Gasteiger partial charge on any atom is -0.424 e. The molecule has 3 rings (SSSR count). The largest absolute Gasteiger partial charge is 0.424 e. The van der Waals surface area contributed by atoms with Gasteiger partial charge in [0.1, 0.15) is 5.52 Å². The third-order valence-corrected chi connectivity index (χ3v) is 3.06. The van der Waals surface area contributed by atoms with Crippen molar-refractivity contribution in [2.24, 2.45) is 0 Å². The van der Waals surface area contributed by atoms with E-state index in [4.69, 9.17) is 9.15 Å². The molecule has 0 amide bonds. The van der Waals surface area contributed by atoms with Crippen molar-refractivity contribution in [2.75, 3.05) is 25.5 Å². The molecule has 2 heterocycles. The lowest BCUT2D eigenvalue weighted by Gasteiger charge is -2.16. The fourth-order valence-electron chi connectivity index (χ4n) is 2.14. The minimum atomic E-state index is 0.157. The number of aromatic nitrogens is 1. The van der Waals surface area contributed by atoms with Gasteiger partial charge in [0.25, 0.3) is 6.01 Å². The van der Waals surface area contributed by atoms with Crippen LogP contribution in [-0.4, -0.2) is 37.3 Å². The average Bonchev–Trinajstić information content (AvgIpc) is 2.94. The zero-order chi connectivity index (χ0) is 11.7. The Kier molecular flexibility index (Phi) is 2.70. The Balaban J connectivity index is 1.80. The molecule has 1 aromatic heterocycles. The topological polar surface area (TPSA) is 59.3 Å². The third kappa shape index (κ3) is 1.99. The second-order valence-corrected chi connectivity index (χ2v) is 4.17. The van der Waals surface area contributed by atoms with Crippen molar-refractivity contribution >= 4 is 17.1 Å². The van der Waals surface area contributed by atoms with Crippen molar-refractivity contribution < 1.29 is 9.15 Å². The van der Waals surface area contributed by atoms with Crippen molar-refractivity contribution in [3.05, 3.63) is 24.3 Å². The first-order valence-electron chi connectivity index (χ1n) is 5.72. The SMILES string of the molecule is CO[C@@H]1CNCC1Nc1nc2ccccc2o1. The van der Waals surface area contributed by atoms with Crippen LogP contribution < -0.4 is 10.6 Å². The van der Waals surface area contributed by atoms with Gasteiger partial charge in [0, 0.05) is 20.2 Å². The van der Waals surface area contributed by atoms with Crippen molar-refractivity contribution in [1.29, 1.82) is 0 Å². The smallest absolute Gasteiger partial charge is 0.296 e. The summed E-state index contributed by atoms with van der Waals surface area (Å²) in [5, 5.41) is 6.54. The maximum Gasteiger partial charge on any atom is 0.296 e. The van der Waals surface area contributed by atoms with E-state index >= 15 is 0 Å². The minimum absolute atomic E-state index is 0.157. The van der Waals surface area contributed by atoms with Crippen molar-refractivity contribution in [1.82, 2.24) is 10.3 Å². The number of methoxy groups -OCH3 is 1. The Hall–Kier alpha value is -1.59. The van der Waals surface area contributed by atoms with E-state index in [2.05, 4.69) is 15.6 Å². The molecule has 0 radical (unpaired) electrons. The van der Waals surface area contributed by atoms with Crippen LogP contribution in [-0.2, 0) is 4.74 Å². The highest BCUT2D eigenvalue weighted by atomic mass is 16.5. The molecule has 5 nitrogen and oxygen atoms in total. The van der Waals surface area contributed by atoms with Crippen LogP contribution in [0.2, 0.25) is 0 Å². The van der Waals surface area contributed by atoms with Crippen LogP contribution in [0.3, 0.4) is 0 Å². The molecule has 2 atom stereocenters. The van der Waals surface area contributed by atoms with E-state index in [0.717, 1.165) is 24.2 Å². The molecule has 90 valence electrons. The number of ether oxygens (including phenoxy) is 1. The van der Waals surface area contributed by atoms with Gasteiger partial charge in [0.2, 0.25) is 0 Å². The Bertz CT molecular complexity index is 478. The Morgan fingerprint density at radius 3 is 3.12 bits per heavy atom. The van der Waals surface area contributed by atoms with E-state index in [0.29, 0.717) is 6.01 Å². The summed E-state index contributed by atoms with van der Waals surface area (Å²) in [6.07, 6.45) is 0.157. The number of benzene rings is 1. The number of para-hydroxylation sites is 2. The van der Waals surface area contributed by atoms with Crippen molar-refractivity contribution in [3.8, 4) is 0 Å². The van der Waals surface area contributed by atoms with Gasteiger partial charge in [-0.3, -0.25) is 0 Å². The van der Waals surface area contributed by atoms with E-state index in [1.54, 1.807) is 7.11 Å². The van der Waals surface area contributed by atoms with Crippen LogP contribution in [0.25, 0.3) is 11.1 Å². The number of anilines is 1. The molecule has 0 aliphatic carbocycles. The molecule has 2 aromatic rings. The molecule has 1 unspecified atom stereocenters.